The van der Waals surface area contributed by atoms with Gasteiger partial charge in [-0.2, -0.15) is 0 Å². The number of benzene rings is 1. The second kappa shape index (κ2) is 16.5. The van der Waals surface area contributed by atoms with Crippen molar-refractivity contribution in [3.8, 4) is 0 Å². The van der Waals surface area contributed by atoms with Crippen LogP contribution in [-0.2, 0) is 44.5 Å². The monoisotopic (exact) mass is 670 g/mol. The number of carbonyl (C=O) groups excluding carboxylic acids is 3. The van der Waals surface area contributed by atoms with Crippen LogP contribution in [0, 0.1) is 5.41 Å². The number of hydrogen-bond donors (Lipinski definition) is 4. The maximum absolute atomic E-state index is 13.9. The number of carboxylic acid groups (broad SMARTS) is 1. The van der Waals surface area contributed by atoms with E-state index in [1.807, 2.05) is 18.2 Å². The molecule has 3 aliphatic rings. The predicted octanol–water partition coefficient (Wildman–Crippen LogP) is 1.25. The summed E-state index contributed by atoms with van der Waals surface area (Å²) in [6, 6.07) is 6.83. The Labute approximate surface area is 279 Å². The molecule has 3 aliphatic heterocycles. The number of aliphatic hydroxyl groups is 1. The lowest BCUT2D eigenvalue weighted by molar-refractivity contribution is -0.153. The van der Waals surface area contributed by atoms with Gasteiger partial charge < -0.3 is 44.4 Å². The first-order valence-electron chi connectivity index (χ1n) is 16.7. The van der Waals surface area contributed by atoms with Crippen molar-refractivity contribution in [1.82, 2.24) is 20.1 Å². The highest BCUT2D eigenvalue weighted by molar-refractivity contribution is 6.17. The lowest BCUT2D eigenvalue weighted by Crippen LogP contribution is -2.52. The Kier molecular flexibility index (Phi) is 12.2. The van der Waals surface area contributed by atoms with Gasteiger partial charge in [0.05, 0.1) is 70.8 Å². The van der Waals surface area contributed by atoms with E-state index in [2.05, 4.69) is 39.2 Å². The van der Waals surface area contributed by atoms with E-state index in [1.165, 1.54) is 5.56 Å². The van der Waals surface area contributed by atoms with E-state index in [0.717, 1.165) is 55.4 Å². The number of carbonyl (C=O) groups is 4. The Hall–Kier alpha value is -3.82. The molecule has 0 spiro atoms. The minimum atomic E-state index is -1.44. The molecular formula is C34H46N4O10. The number of carboxylic acids is 1. The van der Waals surface area contributed by atoms with E-state index >= 15 is 0 Å². The van der Waals surface area contributed by atoms with Crippen molar-refractivity contribution in [2.45, 2.75) is 51.1 Å². The Bertz CT molecular complexity index is 1510. The average Bonchev–Trinajstić information content (AvgIpc) is 3.43. The fraction of sp³-hybridized carbons (Fsp3) is 0.588. The maximum atomic E-state index is 13.9. The van der Waals surface area contributed by atoms with Crippen molar-refractivity contribution < 1.29 is 48.3 Å². The van der Waals surface area contributed by atoms with Gasteiger partial charge in [-0.15, -0.1) is 0 Å². The molecular weight excluding hydrogens is 624 g/mol. The second-order valence-electron chi connectivity index (χ2n) is 12.3. The van der Waals surface area contributed by atoms with Gasteiger partial charge in [-0.05, 0) is 49.9 Å². The lowest BCUT2D eigenvalue weighted by Gasteiger charge is -2.53. The molecule has 0 radical (unpaired) electrons. The van der Waals surface area contributed by atoms with E-state index in [0.29, 0.717) is 18.9 Å². The number of aromatic nitrogens is 1. The van der Waals surface area contributed by atoms with Crippen LogP contribution in [-0.4, -0.2) is 122 Å². The largest absolute Gasteiger partial charge is 0.481 e. The van der Waals surface area contributed by atoms with Crippen LogP contribution < -0.4 is 10.6 Å². The molecule has 14 heteroatoms. The molecule has 0 bridgehead atoms. The molecule has 1 fully saturated rings. The number of nitrogens with one attached hydrogen (secondary N) is 2. The number of rotatable bonds is 19. The summed E-state index contributed by atoms with van der Waals surface area (Å²) < 4.78 is 22.9. The third-order valence-electron chi connectivity index (χ3n) is 9.34. The zero-order chi connectivity index (χ0) is 34.1. The number of esters is 1. The highest BCUT2D eigenvalue weighted by atomic mass is 16.6. The summed E-state index contributed by atoms with van der Waals surface area (Å²) in [5.41, 5.74) is 3.65. The van der Waals surface area contributed by atoms with E-state index in [4.69, 9.17) is 24.1 Å². The lowest BCUT2D eigenvalue weighted by atomic mass is 9.66. The molecule has 2 aromatic rings. The topological polar surface area (TPSA) is 178 Å². The summed E-state index contributed by atoms with van der Waals surface area (Å²) in [6.45, 7) is 5.02. The first-order valence-corrected chi connectivity index (χ1v) is 16.7. The number of fused-ring (bicyclic) bond motifs is 3. The van der Waals surface area contributed by atoms with Gasteiger partial charge in [-0.3, -0.25) is 19.3 Å². The van der Waals surface area contributed by atoms with Crippen molar-refractivity contribution >= 4 is 40.4 Å². The third-order valence-corrected chi connectivity index (χ3v) is 9.34. The molecule has 0 aliphatic carbocycles. The number of nitrogens with zero attached hydrogens (tertiary/aromatic N) is 2. The molecule has 5 rings (SSSR count). The second-order valence-corrected chi connectivity index (χ2v) is 12.3. The van der Waals surface area contributed by atoms with E-state index < -0.39 is 42.8 Å². The standard InChI is InChI=1S/C34H46N4O10/c1-2-34-9-5-10-37-11-8-24-23-6-3-4-7-26(23)38(30(24)31(34)37)27(21-34)32(43)35-22-28(40)36-25(20-29(41)42)33(44)48-19-18-47-17-16-46-15-14-45-13-12-39/h3-4,6-7,21,25,31,39H,2,5,8-20,22H2,1H3,(H,35,43)(H,36,40)(H,41,42)/t25-,31+,34-/m0/s1. The number of aliphatic hydroxyl groups excluding tert-OH is 1. The van der Waals surface area contributed by atoms with E-state index in [1.54, 1.807) is 0 Å². The quantitative estimate of drug-likeness (QED) is 0.125. The normalized spacial score (nSPS) is 20.5. The van der Waals surface area contributed by atoms with Gasteiger partial charge in [0.25, 0.3) is 5.91 Å². The van der Waals surface area contributed by atoms with Gasteiger partial charge in [-0.25, -0.2) is 4.79 Å². The fourth-order valence-electron chi connectivity index (χ4n) is 7.22. The van der Waals surface area contributed by atoms with Gasteiger partial charge in [-0.1, -0.05) is 25.1 Å². The summed E-state index contributed by atoms with van der Waals surface area (Å²) in [4.78, 5) is 53.4. The smallest absolute Gasteiger partial charge is 0.329 e. The summed E-state index contributed by atoms with van der Waals surface area (Å²) in [5, 5.41) is 24.2. The van der Waals surface area contributed by atoms with Crippen molar-refractivity contribution in [3.05, 3.63) is 41.6 Å². The number of piperidine rings is 1. The Morgan fingerprint density at radius 1 is 1.00 bits per heavy atom. The van der Waals surface area contributed by atoms with Crippen molar-refractivity contribution in [1.29, 1.82) is 0 Å². The van der Waals surface area contributed by atoms with Crippen LogP contribution in [0.4, 0.5) is 0 Å². The van der Waals surface area contributed by atoms with Gasteiger partial charge in [0.15, 0.2) is 0 Å². The van der Waals surface area contributed by atoms with Gasteiger partial charge >= 0.3 is 11.9 Å². The molecule has 0 unspecified atom stereocenters. The summed E-state index contributed by atoms with van der Waals surface area (Å²) in [5.74, 6) is -3.35. The summed E-state index contributed by atoms with van der Waals surface area (Å²) in [6.07, 6.45) is 5.18. The minimum Gasteiger partial charge on any atom is -0.481 e. The Morgan fingerprint density at radius 2 is 1.71 bits per heavy atom. The first kappa shape index (κ1) is 35.5. The summed E-state index contributed by atoms with van der Waals surface area (Å²) in [7, 11) is 0. The van der Waals surface area contributed by atoms with Crippen molar-refractivity contribution in [2.24, 2.45) is 5.41 Å². The van der Waals surface area contributed by atoms with Gasteiger partial charge in [0.2, 0.25) is 5.91 Å². The zero-order valence-electron chi connectivity index (χ0n) is 27.4. The molecule has 4 N–H and O–H groups in total. The van der Waals surface area contributed by atoms with Crippen LogP contribution in [0.3, 0.4) is 0 Å². The van der Waals surface area contributed by atoms with Gasteiger partial charge in [0.1, 0.15) is 18.3 Å². The highest BCUT2D eigenvalue weighted by Gasteiger charge is 2.51. The van der Waals surface area contributed by atoms with Crippen LogP contribution in [0.2, 0.25) is 0 Å². The Morgan fingerprint density at radius 3 is 2.42 bits per heavy atom. The van der Waals surface area contributed by atoms with Crippen molar-refractivity contribution in [2.75, 3.05) is 72.5 Å². The minimum absolute atomic E-state index is 0.0463. The SMILES string of the molecule is CC[C@@]12C=C(C(=O)NCC(=O)N[C@@H](CC(=O)O)C(=O)OCCOCCOCCOCCO)n3c4c(c5ccccc53)CCN(CCC1)[C@H]42. The van der Waals surface area contributed by atoms with Crippen LogP contribution in [0.15, 0.2) is 30.3 Å². The first-order chi connectivity index (χ1) is 23.3. The summed E-state index contributed by atoms with van der Waals surface area (Å²) >= 11 is 0. The van der Waals surface area contributed by atoms with Gasteiger partial charge in [0, 0.05) is 23.0 Å². The zero-order valence-corrected chi connectivity index (χ0v) is 27.4. The molecule has 1 saturated heterocycles. The van der Waals surface area contributed by atoms with Crippen LogP contribution >= 0.6 is 0 Å². The molecule has 1 aromatic carbocycles. The van der Waals surface area contributed by atoms with Crippen LogP contribution in [0.5, 0.6) is 0 Å². The number of amides is 2. The number of ether oxygens (including phenoxy) is 4. The highest BCUT2D eigenvalue weighted by Crippen LogP contribution is 2.56. The van der Waals surface area contributed by atoms with Crippen LogP contribution in [0.1, 0.15) is 49.9 Å². The number of hydrogen-bond acceptors (Lipinski definition) is 10. The number of para-hydroxylation sites is 1. The van der Waals surface area contributed by atoms with Crippen molar-refractivity contribution in [3.63, 3.8) is 0 Å². The number of aliphatic carboxylic acids is 1. The Balaban J connectivity index is 1.17. The molecule has 0 saturated carbocycles. The molecule has 262 valence electrons. The fourth-order valence-corrected chi connectivity index (χ4v) is 7.22. The van der Waals surface area contributed by atoms with Crippen LogP contribution in [0.25, 0.3) is 16.6 Å². The predicted molar refractivity (Wildman–Crippen MR) is 174 cm³/mol. The molecule has 3 atom stereocenters. The molecule has 48 heavy (non-hydrogen) atoms. The average molecular weight is 671 g/mol. The molecule has 4 heterocycles. The third kappa shape index (κ3) is 7.90. The molecule has 1 aromatic heterocycles. The van der Waals surface area contributed by atoms with E-state index in [-0.39, 0.29) is 51.1 Å². The maximum Gasteiger partial charge on any atom is 0.329 e. The van der Waals surface area contributed by atoms with E-state index in [9.17, 15) is 24.3 Å². The molecule has 14 nitrogen and oxygen atoms in total. The molecule has 2 amide bonds.